The number of rotatable bonds is 10. The molecule has 0 saturated carbocycles. The molecule has 1 atom stereocenters. The number of unbranched alkanes of at least 4 members (excludes halogenated alkanes) is 1. The minimum absolute atomic E-state index is 0.458. The minimum Gasteiger partial charge on any atom is -0.370 e. The summed E-state index contributed by atoms with van der Waals surface area (Å²) >= 11 is 0. The molecule has 0 fully saturated rings. The quantitative estimate of drug-likeness (QED) is 0.672. The Balaban J connectivity index is 2.81. The van der Waals surface area contributed by atoms with Gasteiger partial charge in [-0.05, 0) is 26.2 Å². The summed E-state index contributed by atoms with van der Waals surface area (Å²) in [5.74, 6) is 2.00. The van der Waals surface area contributed by atoms with E-state index in [9.17, 15) is 0 Å². The van der Waals surface area contributed by atoms with Gasteiger partial charge in [-0.1, -0.05) is 40.0 Å². The van der Waals surface area contributed by atoms with Gasteiger partial charge in [-0.3, -0.25) is 0 Å². The molecule has 1 aromatic heterocycles. The highest BCUT2D eigenvalue weighted by atomic mass is 15.1. The number of nitrogens with zero attached hydrogens (tertiary/aromatic N) is 2. The van der Waals surface area contributed by atoms with E-state index in [1.165, 1.54) is 24.8 Å². The Hall–Kier alpha value is -1.32. The lowest BCUT2D eigenvalue weighted by Gasteiger charge is -2.19. The van der Waals surface area contributed by atoms with Crippen LogP contribution in [-0.4, -0.2) is 22.6 Å². The monoisotopic (exact) mass is 278 g/mol. The van der Waals surface area contributed by atoms with Gasteiger partial charge in [-0.15, -0.1) is 0 Å². The number of aromatic nitrogens is 2. The normalized spacial score (nSPS) is 12.2. The molecule has 0 radical (unpaired) electrons. The van der Waals surface area contributed by atoms with Crippen molar-refractivity contribution in [3.63, 3.8) is 0 Å². The van der Waals surface area contributed by atoms with Crippen LogP contribution < -0.4 is 10.6 Å². The molecule has 0 spiro atoms. The Morgan fingerprint density at radius 3 is 2.45 bits per heavy atom. The number of hydrogen-bond donors (Lipinski definition) is 2. The van der Waals surface area contributed by atoms with Gasteiger partial charge in [0.05, 0.1) is 0 Å². The van der Waals surface area contributed by atoms with Gasteiger partial charge in [0.15, 0.2) is 0 Å². The van der Waals surface area contributed by atoms with E-state index in [0.29, 0.717) is 6.04 Å². The second-order valence-corrected chi connectivity index (χ2v) is 5.41. The number of nitrogens with one attached hydrogen (secondary N) is 2. The molecule has 20 heavy (non-hydrogen) atoms. The summed E-state index contributed by atoms with van der Waals surface area (Å²) < 4.78 is 0. The topological polar surface area (TPSA) is 49.8 Å². The Bertz CT molecular complexity index is 379. The van der Waals surface area contributed by atoms with Gasteiger partial charge in [0.2, 0.25) is 0 Å². The van der Waals surface area contributed by atoms with E-state index in [0.717, 1.165) is 37.4 Å². The summed E-state index contributed by atoms with van der Waals surface area (Å²) in [4.78, 5) is 8.85. The lowest BCUT2D eigenvalue weighted by Crippen LogP contribution is -2.18. The third-order valence-electron chi connectivity index (χ3n) is 3.36. The lowest BCUT2D eigenvalue weighted by atomic mass is 10.1. The molecule has 4 heteroatoms. The zero-order chi connectivity index (χ0) is 14.8. The maximum atomic E-state index is 4.45. The molecule has 1 unspecified atom stereocenters. The van der Waals surface area contributed by atoms with E-state index in [1.807, 2.05) is 0 Å². The third-order valence-corrected chi connectivity index (χ3v) is 3.36. The van der Waals surface area contributed by atoms with Gasteiger partial charge in [0.1, 0.15) is 18.0 Å². The van der Waals surface area contributed by atoms with Gasteiger partial charge in [-0.2, -0.15) is 0 Å². The summed E-state index contributed by atoms with van der Waals surface area (Å²) in [6.45, 7) is 9.78. The Morgan fingerprint density at radius 2 is 1.80 bits per heavy atom. The van der Waals surface area contributed by atoms with Crippen LogP contribution in [0.15, 0.2) is 6.33 Å². The largest absolute Gasteiger partial charge is 0.370 e. The van der Waals surface area contributed by atoms with E-state index >= 15 is 0 Å². The molecule has 0 aromatic carbocycles. The molecule has 114 valence electrons. The van der Waals surface area contributed by atoms with Crippen molar-refractivity contribution >= 4 is 11.6 Å². The van der Waals surface area contributed by atoms with E-state index in [2.05, 4.69) is 48.3 Å². The zero-order valence-electron chi connectivity index (χ0n) is 13.5. The van der Waals surface area contributed by atoms with Crippen molar-refractivity contribution in [3.05, 3.63) is 11.9 Å². The second kappa shape index (κ2) is 9.56. The van der Waals surface area contributed by atoms with Crippen LogP contribution in [0.4, 0.5) is 11.6 Å². The van der Waals surface area contributed by atoms with Crippen molar-refractivity contribution < 1.29 is 0 Å². The first-order valence-corrected chi connectivity index (χ1v) is 8.07. The molecule has 0 saturated heterocycles. The highest BCUT2D eigenvalue weighted by Crippen LogP contribution is 2.23. The maximum absolute atomic E-state index is 4.45. The van der Waals surface area contributed by atoms with Gasteiger partial charge >= 0.3 is 0 Å². The van der Waals surface area contributed by atoms with Crippen molar-refractivity contribution in [3.8, 4) is 0 Å². The standard InChI is InChI=1S/C16H30N4/c1-5-8-10-13(4)20-16-14(9-6-2)15(17-11-7-3)18-12-19-16/h12-13H,5-11H2,1-4H3,(H2,17,18,19,20). The van der Waals surface area contributed by atoms with Crippen LogP contribution in [-0.2, 0) is 6.42 Å². The molecule has 0 bridgehead atoms. The Kier molecular flexibility index (Phi) is 8.00. The van der Waals surface area contributed by atoms with E-state index < -0.39 is 0 Å². The van der Waals surface area contributed by atoms with Crippen LogP contribution in [0.1, 0.15) is 65.4 Å². The van der Waals surface area contributed by atoms with E-state index in [-0.39, 0.29) is 0 Å². The van der Waals surface area contributed by atoms with Gasteiger partial charge in [0.25, 0.3) is 0 Å². The summed E-state index contributed by atoms with van der Waals surface area (Å²) in [6, 6.07) is 0.458. The second-order valence-electron chi connectivity index (χ2n) is 5.41. The molecule has 0 aliphatic heterocycles. The maximum Gasteiger partial charge on any atom is 0.134 e. The molecule has 4 nitrogen and oxygen atoms in total. The third kappa shape index (κ3) is 5.35. The van der Waals surface area contributed by atoms with Crippen molar-refractivity contribution in [2.75, 3.05) is 17.2 Å². The molecular formula is C16H30N4. The first-order chi connectivity index (χ1) is 9.72. The predicted octanol–water partition coefficient (Wildman–Crippen LogP) is 4.24. The molecule has 1 aromatic rings. The average Bonchev–Trinajstić information content (AvgIpc) is 2.45. The van der Waals surface area contributed by atoms with Crippen LogP contribution >= 0.6 is 0 Å². The number of hydrogen-bond acceptors (Lipinski definition) is 4. The van der Waals surface area contributed by atoms with Crippen LogP contribution in [0.2, 0.25) is 0 Å². The summed E-state index contributed by atoms with van der Waals surface area (Å²) in [5.41, 5.74) is 1.23. The van der Waals surface area contributed by atoms with Crippen molar-refractivity contribution in [1.29, 1.82) is 0 Å². The van der Waals surface area contributed by atoms with Crippen molar-refractivity contribution in [2.24, 2.45) is 0 Å². The summed E-state index contributed by atoms with van der Waals surface area (Å²) in [7, 11) is 0. The number of anilines is 2. The van der Waals surface area contributed by atoms with Gasteiger partial charge in [-0.25, -0.2) is 9.97 Å². The minimum atomic E-state index is 0.458. The molecular weight excluding hydrogens is 248 g/mol. The van der Waals surface area contributed by atoms with E-state index in [4.69, 9.17) is 0 Å². The van der Waals surface area contributed by atoms with Crippen LogP contribution in [0, 0.1) is 0 Å². The molecule has 1 heterocycles. The van der Waals surface area contributed by atoms with Crippen LogP contribution in [0.25, 0.3) is 0 Å². The van der Waals surface area contributed by atoms with Crippen LogP contribution in [0.5, 0.6) is 0 Å². The molecule has 0 aliphatic rings. The molecule has 1 rings (SSSR count). The fraction of sp³-hybridized carbons (Fsp3) is 0.750. The van der Waals surface area contributed by atoms with Crippen molar-refractivity contribution in [2.45, 2.75) is 72.3 Å². The average molecular weight is 278 g/mol. The molecule has 0 aliphatic carbocycles. The summed E-state index contributed by atoms with van der Waals surface area (Å²) in [5, 5.41) is 6.97. The van der Waals surface area contributed by atoms with Crippen LogP contribution in [0.3, 0.4) is 0 Å². The summed E-state index contributed by atoms with van der Waals surface area (Å²) in [6.07, 6.45) is 8.55. The fourth-order valence-electron chi connectivity index (χ4n) is 2.24. The van der Waals surface area contributed by atoms with Gasteiger partial charge in [0, 0.05) is 18.2 Å². The Labute approximate surface area is 123 Å². The zero-order valence-corrected chi connectivity index (χ0v) is 13.5. The SMILES string of the molecule is CCCCC(C)Nc1ncnc(NCCC)c1CCC. The molecule has 0 amide bonds. The highest BCUT2D eigenvalue weighted by Gasteiger charge is 2.12. The fourth-order valence-corrected chi connectivity index (χ4v) is 2.24. The smallest absolute Gasteiger partial charge is 0.134 e. The first kappa shape index (κ1) is 16.7. The lowest BCUT2D eigenvalue weighted by molar-refractivity contribution is 0.642. The molecule has 2 N–H and O–H groups in total. The van der Waals surface area contributed by atoms with E-state index in [1.54, 1.807) is 6.33 Å². The van der Waals surface area contributed by atoms with Crippen molar-refractivity contribution in [1.82, 2.24) is 9.97 Å². The highest BCUT2D eigenvalue weighted by molar-refractivity contribution is 5.57. The first-order valence-electron chi connectivity index (χ1n) is 8.07. The van der Waals surface area contributed by atoms with Gasteiger partial charge < -0.3 is 10.6 Å². The predicted molar refractivity (Wildman–Crippen MR) is 87.4 cm³/mol. The Morgan fingerprint density at radius 1 is 1.05 bits per heavy atom.